The summed E-state index contributed by atoms with van der Waals surface area (Å²) >= 11 is 0. The zero-order valence-electron chi connectivity index (χ0n) is 15.3. The molecular weight excluding hydrogens is 338 g/mol. The third-order valence-corrected chi connectivity index (χ3v) is 5.21. The second-order valence-electron chi connectivity index (χ2n) is 6.78. The number of carbonyl (C=O) groups excluding carboxylic acids is 1. The van der Waals surface area contributed by atoms with Crippen molar-refractivity contribution in [3.8, 4) is 5.75 Å². The Morgan fingerprint density at radius 1 is 1.04 bits per heavy atom. The van der Waals surface area contributed by atoms with Gasteiger partial charge in [0, 0.05) is 23.9 Å². The number of carbonyl (C=O) groups is 1. The van der Waals surface area contributed by atoms with Gasteiger partial charge in [0.2, 0.25) is 0 Å². The molecule has 3 atom stereocenters. The quantitative estimate of drug-likeness (QED) is 0.769. The minimum atomic E-state index is -0.0120. The molecule has 3 unspecified atom stereocenters. The molecule has 2 aromatic carbocycles. The third kappa shape index (κ3) is 3.16. The molecule has 0 saturated carbocycles. The summed E-state index contributed by atoms with van der Waals surface area (Å²) < 4.78 is 5.30. The molecule has 2 aliphatic heterocycles. The Labute approximate surface area is 158 Å². The van der Waals surface area contributed by atoms with Crippen LogP contribution in [0, 0.1) is 5.92 Å². The fourth-order valence-corrected chi connectivity index (χ4v) is 3.80. The van der Waals surface area contributed by atoms with Gasteiger partial charge in [0.05, 0.1) is 25.4 Å². The Hall–Kier alpha value is -3.21. The lowest BCUT2D eigenvalue weighted by molar-refractivity contribution is 0.112. The van der Waals surface area contributed by atoms with E-state index in [2.05, 4.69) is 28.9 Å². The molecule has 0 N–H and O–H groups in total. The smallest absolute Gasteiger partial charge is 0.150 e. The van der Waals surface area contributed by atoms with Crippen LogP contribution in [0.4, 0.5) is 0 Å². The van der Waals surface area contributed by atoms with Crippen LogP contribution in [-0.2, 0) is 0 Å². The number of aldehydes is 1. The van der Waals surface area contributed by atoms with E-state index in [9.17, 15) is 4.79 Å². The lowest BCUT2D eigenvalue weighted by atomic mass is 9.82. The minimum Gasteiger partial charge on any atom is -0.497 e. The average Bonchev–Trinajstić information content (AvgIpc) is 2.73. The van der Waals surface area contributed by atoms with Crippen molar-refractivity contribution in [3.63, 3.8) is 0 Å². The van der Waals surface area contributed by atoms with Crippen molar-refractivity contribution in [1.29, 1.82) is 0 Å². The summed E-state index contributed by atoms with van der Waals surface area (Å²) in [4.78, 5) is 22.3. The molecule has 0 radical (unpaired) electrons. The van der Waals surface area contributed by atoms with Crippen LogP contribution in [0.3, 0.4) is 0 Å². The van der Waals surface area contributed by atoms with Gasteiger partial charge in [0.15, 0.2) is 0 Å². The summed E-state index contributed by atoms with van der Waals surface area (Å²) in [7, 11) is 1.67. The maximum atomic E-state index is 11.0. The monoisotopic (exact) mass is 359 g/mol. The lowest BCUT2D eigenvalue weighted by Gasteiger charge is -2.42. The first-order valence-electron chi connectivity index (χ1n) is 8.96. The predicted molar refractivity (Wildman–Crippen MR) is 106 cm³/mol. The van der Waals surface area contributed by atoms with Crippen LogP contribution >= 0.6 is 0 Å². The van der Waals surface area contributed by atoms with Crippen LogP contribution in [0.25, 0.3) is 0 Å². The van der Waals surface area contributed by atoms with Crippen LogP contribution in [0.5, 0.6) is 5.75 Å². The Kier molecular flexibility index (Phi) is 4.59. The highest BCUT2D eigenvalue weighted by atomic mass is 16.5. The van der Waals surface area contributed by atoms with Crippen molar-refractivity contribution < 1.29 is 9.53 Å². The fourth-order valence-electron chi connectivity index (χ4n) is 3.80. The van der Waals surface area contributed by atoms with Gasteiger partial charge in [-0.05, 0) is 23.3 Å². The number of aliphatic imine (C=N–C) groups is 2. The molecule has 0 bridgehead atoms. The zero-order valence-corrected chi connectivity index (χ0v) is 15.3. The van der Waals surface area contributed by atoms with Crippen LogP contribution < -0.4 is 4.74 Å². The number of fused-ring (bicyclic) bond motifs is 1. The molecular formula is C22H21N3O2. The van der Waals surface area contributed by atoms with Crippen molar-refractivity contribution in [2.45, 2.75) is 19.0 Å². The van der Waals surface area contributed by atoms with Crippen molar-refractivity contribution in [3.05, 3.63) is 77.6 Å². The molecule has 0 saturated heterocycles. The van der Waals surface area contributed by atoms with Gasteiger partial charge in [0.25, 0.3) is 0 Å². The van der Waals surface area contributed by atoms with E-state index in [1.165, 1.54) is 5.56 Å². The van der Waals surface area contributed by atoms with E-state index < -0.39 is 0 Å². The second-order valence-corrected chi connectivity index (χ2v) is 6.78. The van der Waals surface area contributed by atoms with E-state index in [0.29, 0.717) is 5.56 Å². The van der Waals surface area contributed by atoms with Gasteiger partial charge >= 0.3 is 0 Å². The first-order chi connectivity index (χ1) is 13.2. The summed E-state index contributed by atoms with van der Waals surface area (Å²) in [5.74, 6) is 1.91. The highest BCUT2D eigenvalue weighted by Gasteiger charge is 2.37. The molecule has 2 aliphatic rings. The largest absolute Gasteiger partial charge is 0.497 e. The fraction of sp³-hybridized carbons (Fsp3) is 0.227. The number of hydrogen-bond donors (Lipinski definition) is 0. The maximum absolute atomic E-state index is 11.0. The number of benzene rings is 2. The normalized spacial score (nSPS) is 23.6. The third-order valence-electron chi connectivity index (χ3n) is 5.21. The molecule has 0 spiro atoms. The molecule has 0 amide bonds. The molecule has 27 heavy (non-hydrogen) atoms. The van der Waals surface area contributed by atoms with E-state index >= 15 is 0 Å². The van der Waals surface area contributed by atoms with Crippen molar-refractivity contribution in [1.82, 2.24) is 4.90 Å². The molecule has 0 fully saturated rings. The maximum Gasteiger partial charge on any atom is 0.150 e. The first-order valence-corrected chi connectivity index (χ1v) is 8.96. The van der Waals surface area contributed by atoms with Gasteiger partial charge in [-0.15, -0.1) is 0 Å². The van der Waals surface area contributed by atoms with E-state index in [1.54, 1.807) is 19.5 Å². The topological polar surface area (TPSA) is 54.3 Å². The van der Waals surface area contributed by atoms with Crippen molar-refractivity contribution >= 4 is 18.3 Å². The number of methoxy groups -OCH3 is 1. The van der Waals surface area contributed by atoms with Crippen LogP contribution in [0.1, 0.15) is 40.5 Å². The summed E-state index contributed by atoms with van der Waals surface area (Å²) in [6, 6.07) is 16.0. The lowest BCUT2D eigenvalue weighted by Crippen LogP contribution is -2.42. The Balaban J connectivity index is 1.75. The van der Waals surface area contributed by atoms with Crippen LogP contribution in [-0.4, -0.2) is 30.3 Å². The number of hydrogen-bond acceptors (Lipinski definition) is 5. The number of ether oxygens (including phenoxy) is 1. The molecule has 4 rings (SSSR count). The zero-order chi connectivity index (χ0) is 18.8. The Morgan fingerprint density at radius 2 is 1.74 bits per heavy atom. The van der Waals surface area contributed by atoms with Gasteiger partial charge in [-0.25, -0.2) is 0 Å². The molecule has 0 aromatic heterocycles. The van der Waals surface area contributed by atoms with Gasteiger partial charge < -0.3 is 9.64 Å². The standard InChI is InChI=1S/C22H21N3O2/c1-15-21(17-5-3-16(14-26)4-6-17)24-20-13-23-11-12-25(20)22(15)18-7-9-19(27-2)10-8-18/h3-15,21-22H,1-2H3. The van der Waals surface area contributed by atoms with Crippen LogP contribution in [0.2, 0.25) is 0 Å². The van der Waals surface area contributed by atoms with Crippen molar-refractivity contribution in [2.75, 3.05) is 7.11 Å². The molecule has 5 nitrogen and oxygen atoms in total. The summed E-state index contributed by atoms with van der Waals surface area (Å²) in [6.07, 6.45) is 6.44. The summed E-state index contributed by atoms with van der Waals surface area (Å²) in [6.45, 7) is 2.22. The molecule has 5 heteroatoms. The van der Waals surface area contributed by atoms with Gasteiger partial charge in [0.1, 0.15) is 17.9 Å². The second kappa shape index (κ2) is 7.19. The minimum absolute atomic E-state index is 0.0120. The molecule has 0 aliphatic carbocycles. The van der Waals surface area contributed by atoms with E-state index in [-0.39, 0.29) is 18.0 Å². The van der Waals surface area contributed by atoms with E-state index in [4.69, 9.17) is 9.73 Å². The highest BCUT2D eigenvalue weighted by Crippen LogP contribution is 2.43. The van der Waals surface area contributed by atoms with E-state index in [1.807, 2.05) is 42.6 Å². The first kappa shape index (κ1) is 17.2. The van der Waals surface area contributed by atoms with Crippen LogP contribution in [0.15, 0.2) is 70.9 Å². The SMILES string of the molecule is COc1ccc(C2C(C)C(c3ccc(C=O)cc3)N=C3C=NC=CN32)cc1. The number of amidine groups is 1. The van der Waals surface area contributed by atoms with E-state index in [0.717, 1.165) is 23.4 Å². The number of rotatable bonds is 4. The Bertz CT molecular complexity index is 914. The van der Waals surface area contributed by atoms with Gasteiger partial charge in [-0.3, -0.25) is 14.8 Å². The molecule has 2 heterocycles. The summed E-state index contributed by atoms with van der Waals surface area (Å²) in [5.41, 5.74) is 2.97. The molecule has 136 valence electrons. The van der Waals surface area contributed by atoms with Crippen molar-refractivity contribution in [2.24, 2.45) is 15.9 Å². The number of nitrogens with zero attached hydrogens (tertiary/aromatic N) is 3. The highest BCUT2D eigenvalue weighted by molar-refractivity contribution is 6.30. The average molecular weight is 359 g/mol. The predicted octanol–water partition coefficient (Wildman–Crippen LogP) is 4.20. The van der Waals surface area contributed by atoms with Gasteiger partial charge in [-0.2, -0.15) is 0 Å². The van der Waals surface area contributed by atoms with Gasteiger partial charge in [-0.1, -0.05) is 43.3 Å². The molecule has 2 aromatic rings. The Morgan fingerprint density at radius 3 is 2.41 bits per heavy atom. The summed E-state index contributed by atoms with van der Waals surface area (Å²) in [5, 5.41) is 0.